The molecule has 0 aliphatic heterocycles. The molecule has 0 atom stereocenters. The van der Waals surface area contributed by atoms with Gasteiger partial charge in [-0.3, -0.25) is 0 Å². The summed E-state index contributed by atoms with van der Waals surface area (Å²) in [6.45, 7) is 6.49. The third-order valence-corrected chi connectivity index (χ3v) is 4.13. The molecule has 2 N–H and O–H groups in total. The van der Waals surface area contributed by atoms with Crippen molar-refractivity contribution in [1.29, 1.82) is 0 Å². The van der Waals surface area contributed by atoms with Crippen molar-refractivity contribution in [3.8, 4) is 0 Å². The third-order valence-electron chi connectivity index (χ3n) is 2.89. The number of rotatable bonds is 7. The molecule has 0 saturated heterocycles. The predicted octanol–water partition coefficient (Wildman–Crippen LogP) is 3.30. The Labute approximate surface area is 118 Å². The van der Waals surface area contributed by atoms with Crippen LogP contribution in [0.1, 0.15) is 24.3 Å². The van der Waals surface area contributed by atoms with E-state index in [0.29, 0.717) is 26.4 Å². The molecule has 4 heteroatoms. The maximum absolute atomic E-state index is 5.81. The maximum Gasteiger partial charge on any atom is 0.0735 e. The summed E-state index contributed by atoms with van der Waals surface area (Å²) in [4.78, 5) is 1.21. The van der Waals surface area contributed by atoms with Crippen LogP contribution in [0, 0.1) is 0 Å². The lowest BCUT2D eigenvalue weighted by molar-refractivity contribution is 0.0145. The highest BCUT2D eigenvalue weighted by Gasteiger charge is 2.10. The summed E-state index contributed by atoms with van der Waals surface area (Å²) < 4.78 is 12.4. The molecule has 0 unspecified atom stereocenters. The Hall–Kier alpha value is -0.940. The van der Waals surface area contributed by atoms with Gasteiger partial charge in [0.2, 0.25) is 0 Å². The van der Waals surface area contributed by atoms with Crippen LogP contribution in [0.3, 0.4) is 0 Å². The van der Waals surface area contributed by atoms with E-state index in [1.807, 2.05) is 13.8 Å². The Morgan fingerprint density at radius 3 is 2.74 bits per heavy atom. The Morgan fingerprint density at radius 2 is 2.00 bits per heavy atom. The molecule has 0 radical (unpaired) electrons. The molecule has 104 valence electrons. The number of hydrogen-bond donors (Lipinski definition) is 1. The lowest BCUT2D eigenvalue weighted by Gasteiger charge is -2.08. The molecule has 1 aromatic carbocycles. The average Bonchev–Trinajstić information content (AvgIpc) is 2.76. The zero-order valence-electron chi connectivity index (χ0n) is 11.5. The Balaban J connectivity index is 1.99. The van der Waals surface area contributed by atoms with Crippen LogP contribution in [0.5, 0.6) is 0 Å². The van der Waals surface area contributed by atoms with E-state index < -0.39 is 0 Å². The molecule has 19 heavy (non-hydrogen) atoms. The van der Waals surface area contributed by atoms with Crippen molar-refractivity contribution < 1.29 is 9.47 Å². The molecule has 2 rings (SSSR count). The minimum absolute atomic E-state index is 0.255. The molecule has 0 fully saturated rings. The first kappa shape index (κ1) is 14.5. The van der Waals surface area contributed by atoms with E-state index in [1.165, 1.54) is 20.5 Å². The number of fused-ring (bicyclic) bond motifs is 1. The lowest BCUT2D eigenvalue weighted by Crippen LogP contribution is -2.10. The zero-order valence-corrected chi connectivity index (χ0v) is 12.3. The van der Waals surface area contributed by atoms with Crippen molar-refractivity contribution in [1.82, 2.24) is 0 Å². The van der Waals surface area contributed by atoms with E-state index in [4.69, 9.17) is 15.2 Å². The quantitative estimate of drug-likeness (QED) is 0.791. The van der Waals surface area contributed by atoms with E-state index in [9.17, 15) is 0 Å². The van der Waals surface area contributed by atoms with Gasteiger partial charge in [-0.15, -0.1) is 11.3 Å². The van der Waals surface area contributed by atoms with Gasteiger partial charge in [0, 0.05) is 21.7 Å². The molecule has 3 nitrogen and oxygen atoms in total. The summed E-state index contributed by atoms with van der Waals surface area (Å²) >= 11 is 1.76. The van der Waals surface area contributed by atoms with Gasteiger partial charge in [-0.1, -0.05) is 18.2 Å². The van der Waals surface area contributed by atoms with Gasteiger partial charge in [-0.2, -0.15) is 0 Å². The Bertz CT molecular complexity index is 522. The topological polar surface area (TPSA) is 44.5 Å². The summed E-state index contributed by atoms with van der Waals surface area (Å²) in [5, 5.41) is 1.26. The fraction of sp³-hybridized carbons (Fsp3) is 0.467. The highest BCUT2D eigenvalue weighted by atomic mass is 32.1. The fourth-order valence-corrected chi connectivity index (χ4v) is 3.08. The first-order valence-corrected chi connectivity index (χ1v) is 7.42. The molecular weight excluding hydrogens is 258 g/mol. The standard InChI is InChI=1S/C15H21NO2S/c1-11(2)18-8-7-17-10-13-12-5-3-4-6-14(12)19-15(13)9-16/h3-6,11H,7-10,16H2,1-2H3. The molecule has 1 aromatic heterocycles. The molecule has 1 heterocycles. The van der Waals surface area contributed by atoms with Crippen LogP contribution >= 0.6 is 11.3 Å². The summed E-state index contributed by atoms with van der Waals surface area (Å²) in [7, 11) is 0. The minimum Gasteiger partial charge on any atom is -0.376 e. The van der Waals surface area contributed by atoms with Crippen molar-refractivity contribution in [2.24, 2.45) is 5.73 Å². The SMILES string of the molecule is CC(C)OCCOCc1c(CN)sc2ccccc12. The zero-order chi connectivity index (χ0) is 13.7. The number of thiophene rings is 1. The van der Waals surface area contributed by atoms with Crippen LogP contribution in [0.25, 0.3) is 10.1 Å². The van der Waals surface area contributed by atoms with E-state index in [1.54, 1.807) is 11.3 Å². The van der Waals surface area contributed by atoms with Crippen LogP contribution in [0.2, 0.25) is 0 Å². The highest BCUT2D eigenvalue weighted by molar-refractivity contribution is 7.19. The summed E-state index contributed by atoms with van der Waals surface area (Å²) in [5.74, 6) is 0. The third kappa shape index (κ3) is 3.76. The molecule has 0 aliphatic carbocycles. The van der Waals surface area contributed by atoms with Crippen molar-refractivity contribution in [3.05, 3.63) is 34.7 Å². The van der Waals surface area contributed by atoms with Gasteiger partial charge in [-0.25, -0.2) is 0 Å². The lowest BCUT2D eigenvalue weighted by atomic mass is 10.1. The molecule has 0 spiro atoms. The second kappa shape index (κ2) is 7.01. The molecule has 0 saturated carbocycles. The second-order valence-corrected chi connectivity index (χ2v) is 5.81. The van der Waals surface area contributed by atoms with Gasteiger partial charge in [0.15, 0.2) is 0 Å². The van der Waals surface area contributed by atoms with Gasteiger partial charge in [-0.05, 0) is 25.3 Å². The van der Waals surface area contributed by atoms with E-state index >= 15 is 0 Å². The second-order valence-electron chi connectivity index (χ2n) is 4.68. The summed E-state index contributed by atoms with van der Waals surface area (Å²) in [6, 6.07) is 8.37. The van der Waals surface area contributed by atoms with Gasteiger partial charge < -0.3 is 15.2 Å². The normalized spacial score (nSPS) is 11.6. The number of hydrogen-bond acceptors (Lipinski definition) is 4. The van der Waals surface area contributed by atoms with Crippen molar-refractivity contribution in [2.75, 3.05) is 13.2 Å². The van der Waals surface area contributed by atoms with Crippen LogP contribution in [0.15, 0.2) is 24.3 Å². The Kier molecular flexibility index (Phi) is 5.34. The summed E-state index contributed by atoms with van der Waals surface area (Å²) in [5.41, 5.74) is 7.04. The average molecular weight is 279 g/mol. The molecule has 2 aromatic rings. The summed E-state index contributed by atoms with van der Waals surface area (Å²) in [6.07, 6.45) is 0.255. The molecule has 0 bridgehead atoms. The van der Waals surface area contributed by atoms with Gasteiger partial charge in [0.1, 0.15) is 0 Å². The first-order chi connectivity index (χ1) is 9.22. The van der Waals surface area contributed by atoms with Crippen molar-refractivity contribution >= 4 is 21.4 Å². The predicted molar refractivity (Wildman–Crippen MR) is 80.5 cm³/mol. The number of benzene rings is 1. The maximum atomic E-state index is 5.81. The van der Waals surface area contributed by atoms with Gasteiger partial charge in [0.25, 0.3) is 0 Å². The van der Waals surface area contributed by atoms with E-state index in [-0.39, 0.29) is 6.10 Å². The van der Waals surface area contributed by atoms with E-state index in [2.05, 4.69) is 24.3 Å². The molecule has 0 amide bonds. The fourth-order valence-electron chi connectivity index (χ4n) is 1.99. The van der Waals surface area contributed by atoms with Gasteiger partial charge in [0.05, 0.1) is 25.9 Å². The van der Waals surface area contributed by atoms with Crippen LogP contribution in [-0.2, 0) is 22.6 Å². The van der Waals surface area contributed by atoms with Crippen LogP contribution in [0.4, 0.5) is 0 Å². The number of ether oxygens (including phenoxy) is 2. The first-order valence-electron chi connectivity index (χ1n) is 6.61. The molecule has 0 aliphatic rings. The Morgan fingerprint density at radius 1 is 1.21 bits per heavy atom. The van der Waals surface area contributed by atoms with Gasteiger partial charge >= 0.3 is 0 Å². The molecular formula is C15H21NO2S. The largest absolute Gasteiger partial charge is 0.376 e. The smallest absolute Gasteiger partial charge is 0.0735 e. The minimum atomic E-state index is 0.255. The van der Waals surface area contributed by atoms with Crippen molar-refractivity contribution in [2.45, 2.75) is 33.1 Å². The van der Waals surface area contributed by atoms with Crippen LogP contribution < -0.4 is 5.73 Å². The monoisotopic (exact) mass is 279 g/mol. The number of nitrogens with two attached hydrogens (primary N) is 1. The highest BCUT2D eigenvalue weighted by Crippen LogP contribution is 2.31. The van der Waals surface area contributed by atoms with E-state index in [0.717, 1.165) is 0 Å². The van der Waals surface area contributed by atoms with Crippen molar-refractivity contribution in [3.63, 3.8) is 0 Å². The van der Waals surface area contributed by atoms with Crippen LogP contribution in [-0.4, -0.2) is 19.3 Å².